The van der Waals surface area contributed by atoms with E-state index in [2.05, 4.69) is 43.2 Å². The summed E-state index contributed by atoms with van der Waals surface area (Å²) in [5.41, 5.74) is 0. The van der Waals surface area contributed by atoms with E-state index in [9.17, 15) is 4.79 Å². The second-order valence-corrected chi connectivity index (χ2v) is 2.67. The minimum absolute atomic E-state index is 0.412. The van der Waals surface area contributed by atoms with Crippen molar-refractivity contribution in [2.45, 2.75) is 4.71 Å². The lowest BCUT2D eigenvalue weighted by Crippen LogP contribution is -2.20. The molecule has 0 radical (unpaired) electrons. The van der Waals surface area contributed by atoms with Gasteiger partial charge in [0.2, 0.25) is 0 Å². The van der Waals surface area contributed by atoms with Crippen LogP contribution in [0.4, 0.5) is 4.79 Å². The minimum atomic E-state index is -0.421. The van der Waals surface area contributed by atoms with Crippen LogP contribution in [0.3, 0.4) is 0 Å². The van der Waals surface area contributed by atoms with Gasteiger partial charge in [0.25, 0.3) is 5.24 Å². The van der Waals surface area contributed by atoms with Gasteiger partial charge < -0.3 is 5.32 Å². The summed E-state index contributed by atoms with van der Waals surface area (Å²) >= 11 is 10.8. The molecule has 0 saturated carbocycles. The molecule has 0 aliphatic carbocycles. The smallest absolute Gasteiger partial charge is 0.277 e. The van der Waals surface area contributed by atoms with Crippen LogP contribution < -0.4 is 5.32 Å². The zero-order chi connectivity index (χ0) is 5.86. The fourth-order valence-corrected chi connectivity index (χ4v) is 0.678. The number of hydrogen-bond acceptors (Lipinski definition) is 3. The summed E-state index contributed by atoms with van der Waals surface area (Å²) in [6, 6.07) is 0. The largest absolute Gasteiger partial charge is 0.327 e. The summed E-state index contributed by atoms with van der Waals surface area (Å²) in [5.74, 6) is 0. The van der Waals surface area contributed by atoms with Crippen LogP contribution >= 0.6 is 37.9 Å². The standard InChI is InChI=1S/C2H5NOS3/c4-1(5)3-2(6)7/h2,6-7H,(H2,3,4,5). The molecular formula is C2H5NOS3. The van der Waals surface area contributed by atoms with Gasteiger partial charge in [-0.2, -0.15) is 0 Å². The van der Waals surface area contributed by atoms with Gasteiger partial charge >= 0.3 is 0 Å². The fourth-order valence-electron chi connectivity index (χ4n) is 0.110. The van der Waals surface area contributed by atoms with Crippen molar-refractivity contribution in [3.05, 3.63) is 0 Å². The topological polar surface area (TPSA) is 29.1 Å². The zero-order valence-corrected chi connectivity index (χ0v) is 6.01. The Morgan fingerprint density at radius 1 is 1.57 bits per heavy atom. The number of carbonyl (C=O) groups excluding carboxylic acids is 1. The van der Waals surface area contributed by atoms with Crippen molar-refractivity contribution in [2.75, 3.05) is 0 Å². The summed E-state index contributed by atoms with van der Waals surface area (Å²) in [7, 11) is 0. The molecule has 0 aliphatic rings. The molecule has 0 aromatic rings. The number of carbonyl (C=O) groups is 1. The van der Waals surface area contributed by atoms with Crippen LogP contribution in [0.25, 0.3) is 0 Å². The number of thiol groups is 3. The summed E-state index contributed by atoms with van der Waals surface area (Å²) < 4.78 is -0.412. The van der Waals surface area contributed by atoms with E-state index >= 15 is 0 Å². The quantitative estimate of drug-likeness (QED) is 0.327. The van der Waals surface area contributed by atoms with Gasteiger partial charge in [-0.05, 0) is 0 Å². The monoisotopic (exact) mass is 155 g/mol. The number of amides is 1. The van der Waals surface area contributed by atoms with Gasteiger partial charge in [0.05, 0.1) is 0 Å². The van der Waals surface area contributed by atoms with E-state index in [1.165, 1.54) is 0 Å². The number of rotatable bonds is 1. The van der Waals surface area contributed by atoms with Gasteiger partial charge in [-0.25, -0.2) is 0 Å². The minimum Gasteiger partial charge on any atom is -0.327 e. The van der Waals surface area contributed by atoms with Crippen LogP contribution in [0.2, 0.25) is 0 Å². The van der Waals surface area contributed by atoms with Crippen LogP contribution in [0.5, 0.6) is 0 Å². The Morgan fingerprint density at radius 3 is 2.00 bits per heavy atom. The summed E-state index contributed by atoms with van der Waals surface area (Å²) in [5, 5.41) is 1.84. The second kappa shape index (κ2) is 3.51. The van der Waals surface area contributed by atoms with Crippen LogP contribution in [0.15, 0.2) is 0 Å². The molecule has 0 aromatic carbocycles. The van der Waals surface area contributed by atoms with Crippen molar-refractivity contribution >= 4 is 43.1 Å². The number of hydrogen-bond donors (Lipinski definition) is 4. The molecule has 0 aliphatic heterocycles. The molecule has 0 bridgehead atoms. The third-order valence-electron chi connectivity index (χ3n) is 0.253. The van der Waals surface area contributed by atoms with Crippen LogP contribution in [-0.4, -0.2) is 9.95 Å². The van der Waals surface area contributed by atoms with Crippen molar-refractivity contribution in [3.8, 4) is 0 Å². The summed E-state index contributed by atoms with van der Waals surface area (Å²) in [4.78, 5) is 9.91. The average molecular weight is 155 g/mol. The lowest BCUT2D eigenvalue weighted by atomic mass is 11.2. The molecular weight excluding hydrogens is 150 g/mol. The highest BCUT2D eigenvalue weighted by Crippen LogP contribution is 1.94. The van der Waals surface area contributed by atoms with Gasteiger partial charge in [0, 0.05) is 0 Å². The predicted octanol–water partition coefficient (Wildman–Crippen LogP) is 0.769. The first kappa shape index (κ1) is 7.52. The maximum atomic E-state index is 9.91. The van der Waals surface area contributed by atoms with Crippen molar-refractivity contribution in [2.24, 2.45) is 0 Å². The number of nitrogens with one attached hydrogen (secondary N) is 1. The van der Waals surface area contributed by atoms with Gasteiger partial charge in [-0.3, -0.25) is 4.79 Å². The molecule has 0 atom stereocenters. The van der Waals surface area contributed by atoms with Gasteiger partial charge in [0.1, 0.15) is 4.71 Å². The molecule has 0 aromatic heterocycles. The SMILES string of the molecule is O=C(S)NC(S)S. The third-order valence-corrected chi connectivity index (χ3v) is 0.640. The second-order valence-electron chi connectivity index (χ2n) is 0.823. The van der Waals surface area contributed by atoms with E-state index in [1.807, 2.05) is 0 Å². The van der Waals surface area contributed by atoms with Gasteiger partial charge in [0.15, 0.2) is 0 Å². The molecule has 2 nitrogen and oxygen atoms in total. The van der Waals surface area contributed by atoms with Gasteiger partial charge in [-0.15, -0.1) is 25.3 Å². The van der Waals surface area contributed by atoms with E-state index in [0.29, 0.717) is 0 Å². The lowest BCUT2D eigenvalue weighted by molar-refractivity contribution is 0.262. The molecule has 1 N–H and O–H groups in total. The van der Waals surface area contributed by atoms with Crippen LogP contribution in [-0.2, 0) is 0 Å². The lowest BCUT2D eigenvalue weighted by Gasteiger charge is -1.99. The van der Waals surface area contributed by atoms with Crippen molar-refractivity contribution in [3.63, 3.8) is 0 Å². The summed E-state index contributed by atoms with van der Waals surface area (Å²) in [6.45, 7) is 0. The molecule has 1 amide bonds. The molecule has 0 unspecified atom stereocenters. The Bertz CT molecular complexity index is 73.3. The normalized spacial score (nSPS) is 9.14. The molecule has 0 heterocycles. The Morgan fingerprint density at radius 2 is 2.00 bits per heavy atom. The van der Waals surface area contributed by atoms with E-state index < -0.39 is 9.95 Å². The van der Waals surface area contributed by atoms with Crippen molar-refractivity contribution < 1.29 is 4.79 Å². The summed E-state index contributed by atoms with van der Waals surface area (Å²) in [6.07, 6.45) is 0. The molecule has 42 valence electrons. The molecule has 0 rings (SSSR count). The van der Waals surface area contributed by atoms with E-state index in [4.69, 9.17) is 0 Å². The molecule has 0 spiro atoms. The molecule has 0 saturated heterocycles. The Kier molecular flexibility index (Phi) is 3.77. The average Bonchev–Trinajstić information content (AvgIpc) is 1.27. The first-order valence-corrected chi connectivity index (χ1v) is 2.96. The van der Waals surface area contributed by atoms with E-state index in [1.54, 1.807) is 0 Å². The third kappa shape index (κ3) is 6.52. The first-order valence-electron chi connectivity index (χ1n) is 1.48. The maximum Gasteiger partial charge on any atom is 0.277 e. The van der Waals surface area contributed by atoms with Gasteiger partial charge in [-0.1, -0.05) is 12.6 Å². The molecule has 5 heteroatoms. The van der Waals surface area contributed by atoms with Crippen molar-refractivity contribution in [1.29, 1.82) is 0 Å². The van der Waals surface area contributed by atoms with Crippen molar-refractivity contribution in [1.82, 2.24) is 5.32 Å². The molecule has 0 fully saturated rings. The zero-order valence-electron chi connectivity index (χ0n) is 3.33. The van der Waals surface area contributed by atoms with Crippen LogP contribution in [0, 0.1) is 0 Å². The highest BCUT2D eigenvalue weighted by Gasteiger charge is 1.93. The Balaban J connectivity index is 3.13. The van der Waals surface area contributed by atoms with E-state index in [0.717, 1.165) is 0 Å². The highest BCUT2D eigenvalue weighted by atomic mass is 32.2. The first-order chi connectivity index (χ1) is 3.13. The Hall–Kier alpha value is 0.520. The highest BCUT2D eigenvalue weighted by molar-refractivity contribution is 8.00. The van der Waals surface area contributed by atoms with E-state index in [-0.39, 0.29) is 0 Å². The van der Waals surface area contributed by atoms with Crippen LogP contribution in [0.1, 0.15) is 0 Å². The predicted molar refractivity (Wildman–Crippen MR) is 39.3 cm³/mol. The fraction of sp³-hybridized carbons (Fsp3) is 0.500. The maximum absolute atomic E-state index is 9.91. The Labute approximate surface area is 58.3 Å². The molecule has 7 heavy (non-hydrogen) atoms.